The molecule has 26 heavy (non-hydrogen) atoms. The van der Waals surface area contributed by atoms with Crippen LogP contribution in [0, 0.1) is 0 Å². The minimum absolute atomic E-state index is 0.00633. The summed E-state index contributed by atoms with van der Waals surface area (Å²) in [7, 11) is 0. The molecule has 0 spiro atoms. The second kappa shape index (κ2) is 7.15. The van der Waals surface area contributed by atoms with Crippen molar-refractivity contribution in [2.75, 3.05) is 0 Å². The fraction of sp³-hybridized carbons (Fsp3) is 0.0526. The van der Waals surface area contributed by atoms with Crippen LogP contribution >= 0.6 is 22.7 Å². The number of ether oxygens (including phenoxy) is 1. The Bertz CT molecular complexity index is 1140. The van der Waals surface area contributed by atoms with E-state index in [0.717, 1.165) is 33.1 Å². The standard InChI is InChI=1S/C19H13N2O3S2/c22-18(24-11-13-6-2-1-3-7-13)21-10-15(17-12-25-19(23)26-17)20-14-8-4-5-9-16(14)21/h1-10,12H,11H2/q+1. The monoisotopic (exact) mass is 381 g/mol. The van der Waals surface area contributed by atoms with Crippen molar-refractivity contribution in [1.29, 1.82) is 0 Å². The van der Waals surface area contributed by atoms with E-state index in [4.69, 9.17) is 4.74 Å². The van der Waals surface area contributed by atoms with Crippen LogP contribution in [0.25, 0.3) is 21.6 Å². The Kier molecular flexibility index (Phi) is 4.55. The maximum Gasteiger partial charge on any atom is 0.602 e. The molecule has 0 aliphatic carbocycles. The third kappa shape index (κ3) is 3.40. The normalized spacial score (nSPS) is 10.8. The Morgan fingerprint density at radius 1 is 1.08 bits per heavy atom. The third-order valence-electron chi connectivity index (χ3n) is 3.74. The van der Waals surface area contributed by atoms with E-state index in [9.17, 15) is 9.59 Å². The lowest BCUT2D eigenvalue weighted by Gasteiger charge is -2.03. The number of aromatic nitrogens is 2. The van der Waals surface area contributed by atoms with Gasteiger partial charge in [-0.1, -0.05) is 69.7 Å². The van der Waals surface area contributed by atoms with Crippen LogP contribution in [0.5, 0.6) is 0 Å². The van der Waals surface area contributed by atoms with Crippen LogP contribution in [0.2, 0.25) is 0 Å². The highest BCUT2D eigenvalue weighted by molar-refractivity contribution is 7.28. The number of hydrogen-bond acceptors (Lipinski definition) is 6. The largest absolute Gasteiger partial charge is 0.602 e. The number of para-hydroxylation sites is 2. The number of fused-ring (bicyclic) bond motifs is 1. The molecule has 0 fully saturated rings. The van der Waals surface area contributed by atoms with Crippen molar-refractivity contribution in [3.05, 3.63) is 80.6 Å². The van der Waals surface area contributed by atoms with Gasteiger partial charge in [-0.25, -0.2) is 4.98 Å². The van der Waals surface area contributed by atoms with Crippen molar-refractivity contribution < 1.29 is 14.1 Å². The lowest BCUT2D eigenvalue weighted by Crippen LogP contribution is -2.44. The highest BCUT2D eigenvalue weighted by Gasteiger charge is 2.24. The summed E-state index contributed by atoms with van der Waals surface area (Å²) in [6, 6.07) is 16.8. The molecule has 0 N–H and O–H groups in total. The van der Waals surface area contributed by atoms with Crippen LogP contribution < -0.4 is 8.62 Å². The fourth-order valence-electron chi connectivity index (χ4n) is 2.52. The Balaban J connectivity index is 1.72. The summed E-state index contributed by atoms with van der Waals surface area (Å²) in [4.78, 5) is 29.5. The SMILES string of the molecule is O=C(OCc1ccccc1)[n+]1cc(-c2csc(=O)s2)nc2ccccc21. The maximum atomic E-state index is 12.7. The molecule has 0 saturated carbocycles. The number of rotatable bonds is 3. The van der Waals surface area contributed by atoms with Gasteiger partial charge in [0.05, 0.1) is 4.88 Å². The zero-order valence-electron chi connectivity index (χ0n) is 13.5. The predicted molar refractivity (Wildman–Crippen MR) is 101 cm³/mol. The second-order valence-electron chi connectivity index (χ2n) is 5.48. The van der Waals surface area contributed by atoms with Gasteiger partial charge >= 0.3 is 6.09 Å². The molecule has 0 bridgehead atoms. The van der Waals surface area contributed by atoms with Crippen molar-refractivity contribution in [3.63, 3.8) is 0 Å². The molecule has 0 aliphatic heterocycles. The molecule has 4 aromatic rings. The van der Waals surface area contributed by atoms with E-state index in [-0.39, 0.29) is 10.7 Å². The molecule has 2 heterocycles. The first-order chi connectivity index (χ1) is 12.7. The summed E-state index contributed by atoms with van der Waals surface area (Å²) in [6.45, 7) is 0.185. The van der Waals surface area contributed by atoms with Gasteiger partial charge < -0.3 is 4.74 Å². The lowest BCUT2D eigenvalue weighted by atomic mass is 10.2. The quantitative estimate of drug-likeness (QED) is 0.506. The van der Waals surface area contributed by atoms with E-state index >= 15 is 0 Å². The van der Waals surface area contributed by atoms with Crippen LogP contribution in [0.15, 0.2) is 71.0 Å². The number of benzene rings is 2. The first kappa shape index (κ1) is 16.6. The Labute approximate surface area is 156 Å². The van der Waals surface area contributed by atoms with Gasteiger partial charge in [-0.05, 0) is 11.6 Å². The van der Waals surface area contributed by atoms with Gasteiger partial charge in [0.2, 0.25) is 11.7 Å². The summed E-state index contributed by atoms with van der Waals surface area (Å²) < 4.78 is 6.89. The number of carbonyl (C=O) groups is 1. The summed E-state index contributed by atoms with van der Waals surface area (Å²) in [5.41, 5.74) is 2.80. The zero-order chi connectivity index (χ0) is 17.9. The number of hydrogen-bond donors (Lipinski definition) is 0. The molecule has 0 amide bonds. The van der Waals surface area contributed by atoms with Crippen LogP contribution in [-0.2, 0) is 11.3 Å². The summed E-state index contributed by atoms with van der Waals surface area (Å²) in [5.74, 6) is 0. The van der Waals surface area contributed by atoms with E-state index in [1.54, 1.807) is 11.6 Å². The minimum Gasteiger partial charge on any atom is -0.407 e. The topological polar surface area (TPSA) is 60.1 Å². The van der Waals surface area contributed by atoms with Crippen LogP contribution in [0.3, 0.4) is 0 Å². The minimum atomic E-state index is -0.490. The molecule has 0 aliphatic rings. The summed E-state index contributed by atoms with van der Waals surface area (Å²) in [6.07, 6.45) is 1.13. The van der Waals surface area contributed by atoms with Crippen molar-refractivity contribution in [1.82, 2.24) is 4.98 Å². The van der Waals surface area contributed by atoms with Crippen LogP contribution in [0.1, 0.15) is 5.56 Å². The fourth-order valence-corrected chi connectivity index (χ4v) is 4.17. The van der Waals surface area contributed by atoms with Crippen LogP contribution in [-0.4, -0.2) is 11.1 Å². The van der Waals surface area contributed by atoms with Gasteiger partial charge in [-0.15, -0.1) is 0 Å². The van der Waals surface area contributed by atoms with Crippen molar-refractivity contribution in [2.45, 2.75) is 6.61 Å². The average Bonchev–Trinajstić information content (AvgIpc) is 3.12. The Morgan fingerprint density at radius 3 is 2.62 bits per heavy atom. The molecule has 0 saturated heterocycles. The molecule has 2 aromatic carbocycles. The van der Waals surface area contributed by atoms with Crippen molar-refractivity contribution >= 4 is 39.8 Å². The molecule has 128 valence electrons. The molecule has 7 heteroatoms. The number of nitrogens with zero attached hydrogens (tertiary/aromatic N) is 2. The Morgan fingerprint density at radius 2 is 1.85 bits per heavy atom. The molecular weight excluding hydrogens is 368 g/mol. The predicted octanol–water partition coefficient (Wildman–Crippen LogP) is 3.86. The van der Waals surface area contributed by atoms with Gasteiger partial charge in [0.25, 0.3) is 4.06 Å². The molecule has 4 rings (SSSR count). The number of carbonyl (C=O) groups excluding carboxylic acids is 1. The molecule has 0 radical (unpaired) electrons. The van der Waals surface area contributed by atoms with E-state index in [1.807, 2.05) is 54.6 Å². The van der Waals surface area contributed by atoms with E-state index < -0.39 is 6.09 Å². The van der Waals surface area contributed by atoms with Gasteiger partial charge in [0.15, 0.2) is 0 Å². The molecular formula is C19H13N2O3S2+. The second-order valence-corrected chi connectivity index (χ2v) is 7.59. The molecule has 5 nitrogen and oxygen atoms in total. The first-order valence-corrected chi connectivity index (χ1v) is 9.52. The van der Waals surface area contributed by atoms with Gasteiger partial charge in [0.1, 0.15) is 17.8 Å². The highest BCUT2D eigenvalue weighted by Crippen LogP contribution is 2.22. The van der Waals surface area contributed by atoms with E-state index in [1.165, 1.54) is 4.57 Å². The average molecular weight is 381 g/mol. The molecule has 0 atom stereocenters. The lowest BCUT2D eigenvalue weighted by molar-refractivity contribution is -0.559. The Hall–Kier alpha value is -2.90. The van der Waals surface area contributed by atoms with Crippen LogP contribution in [0.4, 0.5) is 4.79 Å². The smallest absolute Gasteiger partial charge is 0.407 e. The summed E-state index contributed by atoms with van der Waals surface area (Å²) in [5, 5.41) is 1.75. The van der Waals surface area contributed by atoms with Gasteiger partial charge in [-0.3, -0.25) is 4.79 Å². The van der Waals surface area contributed by atoms with Crippen molar-refractivity contribution in [3.8, 4) is 10.6 Å². The molecule has 2 aromatic heterocycles. The summed E-state index contributed by atoms with van der Waals surface area (Å²) >= 11 is 2.24. The van der Waals surface area contributed by atoms with E-state index in [0.29, 0.717) is 16.7 Å². The maximum absolute atomic E-state index is 12.7. The highest BCUT2D eigenvalue weighted by atomic mass is 32.2. The van der Waals surface area contributed by atoms with Gasteiger partial charge in [-0.2, -0.15) is 4.79 Å². The zero-order valence-corrected chi connectivity index (χ0v) is 15.1. The first-order valence-electron chi connectivity index (χ1n) is 7.82. The van der Waals surface area contributed by atoms with Gasteiger partial charge in [0, 0.05) is 11.4 Å². The van der Waals surface area contributed by atoms with Crippen molar-refractivity contribution in [2.24, 2.45) is 0 Å². The van der Waals surface area contributed by atoms with E-state index in [2.05, 4.69) is 4.98 Å². The molecule has 0 unspecified atom stereocenters. The third-order valence-corrected chi connectivity index (χ3v) is 5.69.